The molecule has 1 atom stereocenters. The zero-order valence-corrected chi connectivity index (χ0v) is 10.2. The number of hydrogen-bond acceptors (Lipinski definition) is 3. The Morgan fingerprint density at radius 1 is 1.41 bits per heavy atom. The van der Waals surface area contributed by atoms with Crippen LogP contribution in [0, 0.1) is 6.92 Å². The molecule has 88 valence electrons. The van der Waals surface area contributed by atoms with Crippen molar-refractivity contribution in [2.75, 3.05) is 5.32 Å². The topological polar surface area (TPSA) is 49.3 Å². The van der Waals surface area contributed by atoms with Gasteiger partial charge in [0.25, 0.3) is 0 Å². The van der Waals surface area contributed by atoms with E-state index in [0.717, 1.165) is 16.8 Å². The van der Waals surface area contributed by atoms with E-state index in [1.54, 1.807) is 0 Å². The summed E-state index contributed by atoms with van der Waals surface area (Å²) in [7, 11) is 0. The molecule has 1 heterocycles. The van der Waals surface area contributed by atoms with Crippen molar-refractivity contribution < 1.29 is 9.90 Å². The summed E-state index contributed by atoms with van der Waals surface area (Å²) in [5.74, 6) is -0.870. The Morgan fingerprint density at radius 3 is 2.82 bits per heavy atom. The lowest BCUT2D eigenvalue weighted by atomic mass is 10.1. The van der Waals surface area contributed by atoms with Crippen molar-refractivity contribution in [3.8, 4) is 0 Å². The van der Waals surface area contributed by atoms with Crippen molar-refractivity contribution >= 4 is 23.0 Å². The fraction of sp³-hybridized carbons (Fsp3) is 0.154. The maximum absolute atomic E-state index is 11.2. The van der Waals surface area contributed by atoms with Gasteiger partial charge in [0.15, 0.2) is 6.04 Å². The molecule has 3 nitrogen and oxygen atoms in total. The quantitative estimate of drug-likeness (QED) is 0.871. The van der Waals surface area contributed by atoms with E-state index in [9.17, 15) is 9.90 Å². The third-order valence-corrected chi connectivity index (χ3v) is 3.15. The SMILES string of the molecule is Cc1cccc(NC(C(=O)O)c2ccsc2)c1. The molecule has 1 aromatic heterocycles. The van der Waals surface area contributed by atoms with Gasteiger partial charge < -0.3 is 10.4 Å². The van der Waals surface area contributed by atoms with Crippen molar-refractivity contribution in [3.63, 3.8) is 0 Å². The molecule has 4 heteroatoms. The Balaban J connectivity index is 2.22. The number of thiophene rings is 1. The Hall–Kier alpha value is -1.81. The number of carbonyl (C=O) groups is 1. The minimum Gasteiger partial charge on any atom is -0.479 e. The maximum atomic E-state index is 11.2. The number of rotatable bonds is 4. The average molecular weight is 247 g/mol. The number of carboxylic acid groups (broad SMARTS) is 1. The molecule has 0 aliphatic heterocycles. The number of aliphatic carboxylic acids is 1. The largest absolute Gasteiger partial charge is 0.479 e. The van der Waals surface area contributed by atoms with Gasteiger partial charge in [0.2, 0.25) is 0 Å². The van der Waals surface area contributed by atoms with Gasteiger partial charge in [-0.05, 0) is 47.0 Å². The molecule has 0 aliphatic rings. The molecule has 0 bridgehead atoms. The molecule has 17 heavy (non-hydrogen) atoms. The molecule has 0 saturated carbocycles. The van der Waals surface area contributed by atoms with E-state index in [2.05, 4.69) is 5.32 Å². The first-order chi connectivity index (χ1) is 8.16. The first-order valence-electron chi connectivity index (χ1n) is 5.25. The second-order valence-corrected chi connectivity index (χ2v) is 4.62. The summed E-state index contributed by atoms with van der Waals surface area (Å²) in [6.45, 7) is 1.98. The molecule has 0 amide bonds. The lowest BCUT2D eigenvalue weighted by Gasteiger charge is -2.15. The zero-order valence-electron chi connectivity index (χ0n) is 9.38. The monoisotopic (exact) mass is 247 g/mol. The summed E-state index contributed by atoms with van der Waals surface area (Å²) in [5, 5.41) is 16.0. The summed E-state index contributed by atoms with van der Waals surface area (Å²) in [6.07, 6.45) is 0. The third-order valence-electron chi connectivity index (χ3n) is 2.45. The van der Waals surface area contributed by atoms with E-state index < -0.39 is 12.0 Å². The first-order valence-corrected chi connectivity index (χ1v) is 6.19. The average Bonchev–Trinajstić information content (AvgIpc) is 2.78. The van der Waals surface area contributed by atoms with E-state index in [1.165, 1.54) is 11.3 Å². The fourth-order valence-electron chi connectivity index (χ4n) is 1.63. The summed E-state index contributed by atoms with van der Waals surface area (Å²) in [6, 6.07) is 8.82. The van der Waals surface area contributed by atoms with Crippen molar-refractivity contribution in [3.05, 3.63) is 52.2 Å². The molecular weight excluding hydrogens is 234 g/mol. The van der Waals surface area contributed by atoms with Crippen molar-refractivity contribution in [1.82, 2.24) is 0 Å². The van der Waals surface area contributed by atoms with Gasteiger partial charge in [-0.3, -0.25) is 0 Å². The van der Waals surface area contributed by atoms with Crippen LogP contribution in [0.2, 0.25) is 0 Å². The molecule has 1 unspecified atom stereocenters. The van der Waals surface area contributed by atoms with Gasteiger partial charge in [-0.1, -0.05) is 12.1 Å². The Bertz CT molecular complexity index is 508. The van der Waals surface area contributed by atoms with Gasteiger partial charge in [-0.25, -0.2) is 4.79 Å². The lowest BCUT2D eigenvalue weighted by molar-refractivity contribution is -0.138. The van der Waals surface area contributed by atoms with Gasteiger partial charge in [0.1, 0.15) is 0 Å². The van der Waals surface area contributed by atoms with Crippen LogP contribution in [-0.4, -0.2) is 11.1 Å². The molecule has 0 fully saturated rings. The second-order valence-electron chi connectivity index (χ2n) is 3.84. The molecule has 0 radical (unpaired) electrons. The second kappa shape index (κ2) is 5.01. The van der Waals surface area contributed by atoms with Crippen LogP contribution >= 0.6 is 11.3 Å². The van der Waals surface area contributed by atoms with Crippen LogP contribution in [0.5, 0.6) is 0 Å². The molecule has 1 aromatic carbocycles. The number of hydrogen-bond donors (Lipinski definition) is 2. The van der Waals surface area contributed by atoms with Crippen LogP contribution in [0.1, 0.15) is 17.2 Å². The van der Waals surface area contributed by atoms with Crippen LogP contribution in [0.25, 0.3) is 0 Å². The number of aryl methyl sites for hydroxylation is 1. The normalized spacial score (nSPS) is 12.1. The standard InChI is InChI=1S/C13H13NO2S/c1-9-3-2-4-11(7-9)14-12(13(15)16)10-5-6-17-8-10/h2-8,12,14H,1H3,(H,15,16). The van der Waals surface area contributed by atoms with Crippen LogP contribution in [0.3, 0.4) is 0 Å². The minimum atomic E-state index is -0.870. The Kier molecular flexibility index (Phi) is 3.44. The van der Waals surface area contributed by atoms with E-state index in [-0.39, 0.29) is 0 Å². The number of nitrogens with one attached hydrogen (secondary N) is 1. The van der Waals surface area contributed by atoms with Crippen molar-refractivity contribution in [2.45, 2.75) is 13.0 Å². The van der Waals surface area contributed by atoms with Crippen LogP contribution in [0.15, 0.2) is 41.1 Å². The highest BCUT2D eigenvalue weighted by atomic mass is 32.1. The highest BCUT2D eigenvalue weighted by Gasteiger charge is 2.19. The molecule has 2 rings (SSSR count). The molecular formula is C13H13NO2S. The van der Waals surface area contributed by atoms with Crippen LogP contribution < -0.4 is 5.32 Å². The van der Waals surface area contributed by atoms with E-state index in [1.807, 2.05) is 48.0 Å². The summed E-state index contributed by atoms with van der Waals surface area (Å²) in [4.78, 5) is 11.2. The smallest absolute Gasteiger partial charge is 0.330 e. The zero-order chi connectivity index (χ0) is 12.3. The lowest BCUT2D eigenvalue weighted by Crippen LogP contribution is -2.19. The molecule has 2 aromatic rings. The number of benzene rings is 1. The van der Waals surface area contributed by atoms with Crippen LogP contribution in [0.4, 0.5) is 5.69 Å². The van der Waals surface area contributed by atoms with Gasteiger partial charge in [0.05, 0.1) is 0 Å². The number of carboxylic acids is 1. The molecule has 0 spiro atoms. The van der Waals surface area contributed by atoms with Gasteiger partial charge in [-0.2, -0.15) is 11.3 Å². The van der Waals surface area contributed by atoms with E-state index >= 15 is 0 Å². The van der Waals surface area contributed by atoms with Gasteiger partial charge in [-0.15, -0.1) is 0 Å². The summed E-state index contributed by atoms with van der Waals surface area (Å²) < 4.78 is 0. The van der Waals surface area contributed by atoms with Crippen LogP contribution in [-0.2, 0) is 4.79 Å². The molecule has 0 saturated heterocycles. The number of anilines is 1. The highest BCUT2D eigenvalue weighted by Crippen LogP contribution is 2.22. The van der Waals surface area contributed by atoms with Crippen molar-refractivity contribution in [1.29, 1.82) is 0 Å². The highest BCUT2D eigenvalue weighted by molar-refractivity contribution is 7.08. The maximum Gasteiger partial charge on any atom is 0.330 e. The van der Waals surface area contributed by atoms with Gasteiger partial charge >= 0.3 is 5.97 Å². The Labute approximate surface area is 104 Å². The third kappa shape index (κ3) is 2.85. The predicted octanol–water partition coefficient (Wildman–Crippen LogP) is 3.29. The van der Waals surface area contributed by atoms with E-state index in [0.29, 0.717) is 0 Å². The fourth-order valence-corrected chi connectivity index (χ4v) is 2.31. The minimum absolute atomic E-state index is 0.692. The summed E-state index contributed by atoms with van der Waals surface area (Å²) >= 11 is 1.50. The first kappa shape index (κ1) is 11.7. The molecule has 2 N–H and O–H groups in total. The van der Waals surface area contributed by atoms with E-state index in [4.69, 9.17) is 0 Å². The van der Waals surface area contributed by atoms with Crippen molar-refractivity contribution in [2.24, 2.45) is 0 Å². The Morgan fingerprint density at radius 2 is 2.24 bits per heavy atom. The summed E-state index contributed by atoms with van der Waals surface area (Å²) in [5.41, 5.74) is 2.71. The van der Waals surface area contributed by atoms with Gasteiger partial charge in [0, 0.05) is 5.69 Å². The molecule has 0 aliphatic carbocycles. The predicted molar refractivity (Wildman–Crippen MR) is 69.5 cm³/mol.